The van der Waals surface area contributed by atoms with Crippen molar-refractivity contribution in [3.63, 3.8) is 0 Å². The van der Waals surface area contributed by atoms with Gasteiger partial charge in [0.25, 0.3) is 0 Å². The van der Waals surface area contributed by atoms with E-state index < -0.39 is 4.65 Å². The summed E-state index contributed by atoms with van der Waals surface area (Å²) in [5.41, 5.74) is 0. The van der Waals surface area contributed by atoms with Crippen LogP contribution in [0.15, 0.2) is 0 Å². The number of rotatable bonds is 16. The van der Waals surface area contributed by atoms with Crippen LogP contribution < -0.4 is 0 Å². The first kappa shape index (κ1) is 22.6. The fraction of sp³-hybridized carbons (Fsp3) is 0.950. The molecule has 0 aliphatic heterocycles. The molecule has 0 spiro atoms. The van der Waals surface area contributed by atoms with Crippen LogP contribution in [0.3, 0.4) is 0 Å². The van der Waals surface area contributed by atoms with Gasteiger partial charge in [0.1, 0.15) is 0 Å². The second kappa shape index (κ2) is 15.1. The van der Waals surface area contributed by atoms with Gasteiger partial charge in [-0.1, -0.05) is 96.8 Å². The molecule has 0 aromatic carbocycles. The van der Waals surface area contributed by atoms with E-state index in [4.69, 9.17) is 0 Å². The summed E-state index contributed by atoms with van der Waals surface area (Å²) in [4.78, 5) is 11.5. The normalized spacial score (nSPS) is 11.8. The minimum atomic E-state index is -0.779. The molecule has 138 valence electrons. The lowest BCUT2D eigenvalue weighted by atomic mass is 10.0. The van der Waals surface area contributed by atoms with Crippen molar-refractivity contribution in [1.82, 2.24) is 0 Å². The van der Waals surface area contributed by atoms with Gasteiger partial charge in [-0.3, -0.25) is 0 Å². The molecular formula is C20H41NO2. The fourth-order valence-electron chi connectivity index (χ4n) is 2.92. The first-order valence-electron chi connectivity index (χ1n) is 10.1. The van der Waals surface area contributed by atoms with Gasteiger partial charge in [0, 0.05) is 0 Å². The zero-order valence-electron chi connectivity index (χ0n) is 16.1. The van der Waals surface area contributed by atoms with Crippen LogP contribution in [0.5, 0.6) is 0 Å². The largest absolute Gasteiger partial charge is 0.626 e. The quantitative estimate of drug-likeness (QED) is 0.188. The number of nitrogens with zero attached hydrogens (tertiary/aromatic N) is 1. The molecule has 1 amide bonds. The van der Waals surface area contributed by atoms with Crippen molar-refractivity contribution in [1.29, 1.82) is 0 Å². The summed E-state index contributed by atoms with van der Waals surface area (Å²) in [6.45, 7) is 2.27. The average Bonchev–Trinajstić information content (AvgIpc) is 2.50. The summed E-state index contributed by atoms with van der Waals surface area (Å²) >= 11 is 0. The Hall–Kier alpha value is -0.410. The highest BCUT2D eigenvalue weighted by molar-refractivity contribution is 5.68. The van der Waals surface area contributed by atoms with Crippen molar-refractivity contribution in [2.24, 2.45) is 0 Å². The molecule has 0 aromatic rings. The molecule has 0 rings (SSSR count). The number of hydrogen-bond donors (Lipinski definition) is 0. The molecule has 0 saturated heterocycles. The smallest absolute Gasteiger partial charge is 0.313 e. The van der Waals surface area contributed by atoms with E-state index in [0.29, 0.717) is 6.42 Å². The van der Waals surface area contributed by atoms with Crippen LogP contribution in [0.1, 0.15) is 110 Å². The van der Waals surface area contributed by atoms with Crippen molar-refractivity contribution >= 4 is 5.91 Å². The SMILES string of the molecule is CCCCCCCCCCCCCCCCCC(=O)[N+](C)(C)[O-]. The van der Waals surface area contributed by atoms with Gasteiger partial charge < -0.3 is 9.85 Å². The first-order valence-corrected chi connectivity index (χ1v) is 10.1. The number of quaternary nitrogens is 1. The van der Waals surface area contributed by atoms with E-state index in [2.05, 4.69) is 6.92 Å². The fourth-order valence-corrected chi connectivity index (χ4v) is 2.92. The zero-order valence-corrected chi connectivity index (χ0v) is 16.1. The standard InChI is InChI=1S/C20H41NO2/c1-4-5-6-7-8-9-10-11-12-13-14-15-16-17-18-19-20(22)21(2,3)23/h4-19H2,1-3H3. The van der Waals surface area contributed by atoms with Crippen LogP contribution in [-0.4, -0.2) is 24.6 Å². The molecule has 0 unspecified atom stereocenters. The highest BCUT2D eigenvalue weighted by atomic mass is 16.6. The number of unbranched alkanes of at least 4 members (excludes halogenated alkanes) is 14. The Balaban J connectivity index is 3.12. The number of hydrogen-bond acceptors (Lipinski definition) is 2. The predicted octanol–water partition coefficient (Wildman–Crippen LogP) is 6.35. The summed E-state index contributed by atoms with van der Waals surface area (Å²) in [6.07, 6.45) is 20.2. The zero-order chi connectivity index (χ0) is 17.4. The number of amides is 1. The van der Waals surface area contributed by atoms with Gasteiger partial charge in [-0.15, -0.1) is 0 Å². The van der Waals surface area contributed by atoms with E-state index in [1.165, 1.54) is 97.6 Å². The molecule has 0 radical (unpaired) electrons. The number of carbonyl (C=O) groups is 1. The second-order valence-corrected chi connectivity index (χ2v) is 7.44. The van der Waals surface area contributed by atoms with Crippen LogP contribution >= 0.6 is 0 Å². The molecule has 0 aromatic heterocycles. The molecule has 0 bridgehead atoms. The van der Waals surface area contributed by atoms with E-state index >= 15 is 0 Å². The number of hydroxylamine groups is 3. The lowest BCUT2D eigenvalue weighted by Crippen LogP contribution is -2.39. The van der Waals surface area contributed by atoms with E-state index in [1.807, 2.05) is 0 Å². The summed E-state index contributed by atoms with van der Waals surface area (Å²) in [7, 11) is 2.82. The predicted molar refractivity (Wildman–Crippen MR) is 100 cm³/mol. The number of carbonyl (C=O) groups excluding carboxylic acids is 1. The minimum Gasteiger partial charge on any atom is -0.626 e. The Morgan fingerprint density at radius 3 is 1.26 bits per heavy atom. The summed E-state index contributed by atoms with van der Waals surface area (Å²) in [5, 5.41) is 11.4. The van der Waals surface area contributed by atoms with Crippen LogP contribution in [-0.2, 0) is 4.79 Å². The Kier molecular flexibility index (Phi) is 14.9. The molecule has 0 saturated carbocycles. The van der Waals surface area contributed by atoms with Crippen molar-refractivity contribution in [3.05, 3.63) is 5.21 Å². The molecule has 0 N–H and O–H groups in total. The molecule has 0 fully saturated rings. The van der Waals surface area contributed by atoms with Gasteiger partial charge in [-0.05, 0) is 6.42 Å². The second-order valence-electron chi connectivity index (χ2n) is 7.44. The molecule has 0 aliphatic rings. The Morgan fingerprint density at radius 1 is 0.652 bits per heavy atom. The van der Waals surface area contributed by atoms with Crippen LogP contribution in [0, 0.1) is 5.21 Å². The maximum Gasteiger partial charge on any atom is 0.313 e. The highest BCUT2D eigenvalue weighted by Crippen LogP contribution is 2.14. The molecule has 3 nitrogen and oxygen atoms in total. The summed E-state index contributed by atoms with van der Waals surface area (Å²) in [6, 6.07) is 0. The maximum atomic E-state index is 11.5. The first-order chi connectivity index (χ1) is 11.0. The Morgan fingerprint density at radius 2 is 0.957 bits per heavy atom. The van der Waals surface area contributed by atoms with Gasteiger partial charge in [0.15, 0.2) is 0 Å². The topological polar surface area (TPSA) is 40.1 Å². The molecular weight excluding hydrogens is 286 g/mol. The lowest BCUT2D eigenvalue weighted by Gasteiger charge is -2.30. The Labute approximate surface area is 145 Å². The third-order valence-electron chi connectivity index (χ3n) is 4.59. The third-order valence-corrected chi connectivity index (χ3v) is 4.59. The lowest BCUT2D eigenvalue weighted by molar-refractivity contribution is -0.760. The minimum absolute atomic E-state index is 0.195. The molecule has 0 heterocycles. The van der Waals surface area contributed by atoms with Gasteiger partial charge in [-0.25, -0.2) is 4.79 Å². The monoisotopic (exact) mass is 327 g/mol. The van der Waals surface area contributed by atoms with Gasteiger partial charge >= 0.3 is 5.91 Å². The molecule has 0 aliphatic carbocycles. The molecule has 0 atom stereocenters. The van der Waals surface area contributed by atoms with Gasteiger partial charge in [0.05, 0.1) is 20.5 Å². The Bertz CT molecular complexity index is 271. The van der Waals surface area contributed by atoms with Crippen LogP contribution in [0.2, 0.25) is 0 Å². The third kappa shape index (κ3) is 16.2. The van der Waals surface area contributed by atoms with Crippen molar-refractivity contribution in [2.45, 2.75) is 110 Å². The van der Waals surface area contributed by atoms with Gasteiger partial charge in [0.2, 0.25) is 0 Å². The summed E-state index contributed by atoms with van der Waals surface area (Å²) in [5.74, 6) is -0.195. The maximum absolute atomic E-state index is 11.5. The van der Waals surface area contributed by atoms with E-state index in [9.17, 15) is 10.0 Å². The van der Waals surface area contributed by atoms with E-state index in [1.54, 1.807) is 0 Å². The van der Waals surface area contributed by atoms with Crippen LogP contribution in [0.25, 0.3) is 0 Å². The van der Waals surface area contributed by atoms with Gasteiger partial charge in [-0.2, -0.15) is 0 Å². The summed E-state index contributed by atoms with van der Waals surface area (Å²) < 4.78 is -0.779. The van der Waals surface area contributed by atoms with E-state index in [-0.39, 0.29) is 5.91 Å². The molecule has 3 heteroatoms. The van der Waals surface area contributed by atoms with Crippen molar-refractivity contribution in [2.75, 3.05) is 14.1 Å². The van der Waals surface area contributed by atoms with Crippen molar-refractivity contribution in [3.8, 4) is 0 Å². The molecule has 23 heavy (non-hydrogen) atoms. The highest BCUT2D eigenvalue weighted by Gasteiger charge is 2.14. The van der Waals surface area contributed by atoms with Crippen molar-refractivity contribution < 1.29 is 9.44 Å². The van der Waals surface area contributed by atoms with E-state index in [0.717, 1.165) is 12.8 Å². The van der Waals surface area contributed by atoms with Crippen LogP contribution in [0.4, 0.5) is 0 Å². The average molecular weight is 328 g/mol.